The monoisotopic (exact) mass is 291 g/mol. The Balaban J connectivity index is 1.64. The highest BCUT2D eigenvalue weighted by Gasteiger charge is 2.20. The van der Waals surface area contributed by atoms with E-state index < -0.39 is 0 Å². The maximum atomic E-state index is 12.1. The molecule has 4 nitrogen and oxygen atoms in total. The molecule has 0 aliphatic heterocycles. The van der Waals surface area contributed by atoms with Crippen molar-refractivity contribution in [2.24, 2.45) is 5.92 Å². The number of carbonyl (C=O) groups is 1. The van der Waals surface area contributed by atoms with Gasteiger partial charge in [0.25, 0.3) is 0 Å². The van der Waals surface area contributed by atoms with E-state index in [0.717, 1.165) is 24.2 Å². The van der Waals surface area contributed by atoms with Crippen molar-refractivity contribution in [2.45, 2.75) is 38.6 Å². The maximum Gasteiger partial charge on any atom is 0.223 e. The fraction of sp³-hybridized carbons (Fsp3) is 0.467. The van der Waals surface area contributed by atoms with Crippen LogP contribution in [-0.2, 0) is 11.3 Å². The predicted molar refractivity (Wildman–Crippen MR) is 78.6 cm³/mol. The van der Waals surface area contributed by atoms with Gasteiger partial charge in [-0.25, -0.2) is 4.98 Å². The highest BCUT2D eigenvalue weighted by Crippen LogP contribution is 2.23. The van der Waals surface area contributed by atoms with Crippen LogP contribution in [0.25, 0.3) is 5.65 Å². The molecule has 20 heavy (non-hydrogen) atoms. The SMILES string of the molecule is O=C(NCc1cn2c(Cl)cccc2n1)C1CCCCC1. The van der Waals surface area contributed by atoms with E-state index in [2.05, 4.69) is 10.3 Å². The van der Waals surface area contributed by atoms with E-state index in [-0.39, 0.29) is 11.8 Å². The van der Waals surface area contributed by atoms with Crippen molar-refractivity contribution in [3.63, 3.8) is 0 Å². The van der Waals surface area contributed by atoms with Crippen molar-refractivity contribution in [3.8, 4) is 0 Å². The number of aromatic nitrogens is 2. The van der Waals surface area contributed by atoms with Crippen LogP contribution in [0.15, 0.2) is 24.4 Å². The molecule has 0 atom stereocenters. The lowest BCUT2D eigenvalue weighted by molar-refractivity contribution is -0.126. The van der Waals surface area contributed by atoms with Gasteiger partial charge >= 0.3 is 0 Å². The summed E-state index contributed by atoms with van der Waals surface area (Å²) in [5, 5.41) is 3.62. The standard InChI is InChI=1S/C15H18ClN3O/c16-13-7-4-8-14-18-12(10-19(13)14)9-17-15(20)11-5-2-1-3-6-11/h4,7-8,10-11H,1-3,5-6,9H2,(H,17,20). The summed E-state index contributed by atoms with van der Waals surface area (Å²) >= 11 is 6.09. The van der Waals surface area contributed by atoms with E-state index in [9.17, 15) is 4.79 Å². The minimum atomic E-state index is 0.160. The Kier molecular flexibility index (Phi) is 3.92. The number of amides is 1. The molecule has 0 unspecified atom stereocenters. The van der Waals surface area contributed by atoms with Gasteiger partial charge in [-0.1, -0.05) is 36.9 Å². The molecular formula is C15H18ClN3O. The number of rotatable bonds is 3. The molecule has 3 rings (SSSR count). The average molecular weight is 292 g/mol. The highest BCUT2D eigenvalue weighted by molar-refractivity contribution is 6.29. The average Bonchev–Trinajstić information content (AvgIpc) is 2.90. The number of pyridine rings is 1. The van der Waals surface area contributed by atoms with Gasteiger partial charge in [-0.15, -0.1) is 0 Å². The zero-order chi connectivity index (χ0) is 13.9. The molecule has 1 saturated carbocycles. The van der Waals surface area contributed by atoms with Crippen molar-refractivity contribution in [1.82, 2.24) is 14.7 Å². The third-order valence-electron chi connectivity index (χ3n) is 3.91. The predicted octanol–water partition coefficient (Wildman–Crippen LogP) is 3.18. The van der Waals surface area contributed by atoms with Gasteiger partial charge in [0.1, 0.15) is 10.8 Å². The molecule has 0 spiro atoms. The minimum Gasteiger partial charge on any atom is -0.350 e. The maximum absolute atomic E-state index is 12.1. The van der Waals surface area contributed by atoms with Crippen molar-refractivity contribution >= 4 is 23.2 Å². The molecule has 0 aromatic carbocycles. The zero-order valence-corrected chi connectivity index (χ0v) is 12.1. The summed E-state index contributed by atoms with van der Waals surface area (Å²) in [7, 11) is 0. The van der Waals surface area contributed by atoms with E-state index in [1.165, 1.54) is 19.3 Å². The van der Waals surface area contributed by atoms with Crippen LogP contribution in [0.1, 0.15) is 37.8 Å². The van der Waals surface area contributed by atoms with E-state index in [1.54, 1.807) is 0 Å². The van der Waals surface area contributed by atoms with Crippen molar-refractivity contribution in [2.75, 3.05) is 0 Å². The van der Waals surface area contributed by atoms with Crippen molar-refractivity contribution in [3.05, 3.63) is 35.2 Å². The third-order valence-corrected chi connectivity index (χ3v) is 4.22. The fourth-order valence-electron chi connectivity index (χ4n) is 2.80. The second-order valence-electron chi connectivity index (χ2n) is 5.36. The molecule has 1 amide bonds. The summed E-state index contributed by atoms with van der Waals surface area (Å²) in [6.45, 7) is 0.466. The van der Waals surface area contributed by atoms with Gasteiger partial charge in [0.05, 0.1) is 12.2 Å². The first-order chi connectivity index (χ1) is 9.74. The number of halogens is 1. The summed E-state index contributed by atoms with van der Waals surface area (Å²) < 4.78 is 1.82. The number of nitrogens with zero attached hydrogens (tertiary/aromatic N) is 2. The molecule has 2 aromatic heterocycles. The summed E-state index contributed by atoms with van der Waals surface area (Å²) in [4.78, 5) is 16.5. The normalized spacial score (nSPS) is 16.4. The quantitative estimate of drug-likeness (QED) is 0.883. The number of carbonyl (C=O) groups excluding carboxylic acids is 1. The highest BCUT2D eigenvalue weighted by atomic mass is 35.5. The Morgan fingerprint density at radius 3 is 2.90 bits per heavy atom. The smallest absolute Gasteiger partial charge is 0.223 e. The molecule has 0 saturated heterocycles. The molecule has 0 bridgehead atoms. The minimum absolute atomic E-state index is 0.160. The Labute approximate surface area is 123 Å². The van der Waals surface area contributed by atoms with Gasteiger partial charge in [0.15, 0.2) is 0 Å². The van der Waals surface area contributed by atoms with E-state index >= 15 is 0 Å². The van der Waals surface area contributed by atoms with Crippen LogP contribution in [0.4, 0.5) is 0 Å². The second-order valence-corrected chi connectivity index (χ2v) is 5.75. The summed E-state index contributed by atoms with van der Waals surface area (Å²) in [5.41, 5.74) is 1.64. The first kappa shape index (κ1) is 13.4. The van der Waals surface area contributed by atoms with Gasteiger partial charge < -0.3 is 5.32 Å². The molecule has 2 aromatic rings. The molecule has 2 heterocycles. The molecule has 1 aliphatic rings. The van der Waals surface area contributed by atoms with Gasteiger partial charge in [-0.05, 0) is 25.0 Å². The second kappa shape index (κ2) is 5.83. The topological polar surface area (TPSA) is 46.4 Å². The Morgan fingerprint density at radius 1 is 1.35 bits per heavy atom. The van der Waals surface area contributed by atoms with Gasteiger partial charge in [-0.2, -0.15) is 0 Å². The van der Waals surface area contributed by atoms with Crippen molar-refractivity contribution in [1.29, 1.82) is 0 Å². The Hall–Kier alpha value is -1.55. The molecular weight excluding hydrogens is 274 g/mol. The Morgan fingerprint density at radius 2 is 2.15 bits per heavy atom. The summed E-state index contributed by atoms with van der Waals surface area (Å²) in [6, 6.07) is 5.59. The van der Waals surface area contributed by atoms with Crippen LogP contribution in [-0.4, -0.2) is 15.3 Å². The van der Waals surface area contributed by atoms with Crippen LogP contribution in [0.2, 0.25) is 5.15 Å². The van der Waals surface area contributed by atoms with Crippen LogP contribution in [0, 0.1) is 5.92 Å². The lowest BCUT2D eigenvalue weighted by Crippen LogP contribution is -2.31. The van der Waals surface area contributed by atoms with E-state index in [0.29, 0.717) is 11.7 Å². The third kappa shape index (κ3) is 2.80. The molecule has 1 aliphatic carbocycles. The number of hydrogen-bond acceptors (Lipinski definition) is 2. The number of fused-ring (bicyclic) bond motifs is 1. The fourth-order valence-corrected chi connectivity index (χ4v) is 3.01. The zero-order valence-electron chi connectivity index (χ0n) is 11.3. The molecule has 1 fully saturated rings. The number of hydrogen-bond donors (Lipinski definition) is 1. The van der Waals surface area contributed by atoms with Gasteiger partial charge in [0.2, 0.25) is 5.91 Å². The summed E-state index contributed by atoms with van der Waals surface area (Å²) in [5.74, 6) is 0.345. The van der Waals surface area contributed by atoms with Crippen LogP contribution < -0.4 is 5.32 Å². The first-order valence-corrected chi connectivity index (χ1v) is 7.52. The molecule has 5 heteroatoms. The van der Waals surface area contributed by atoms with Crippen LogP contribution in [0.5, 0.6) is 0 Å². The van der Waals surface area contributed by atoms with Crippen molar-refractivity contribution < 1.29 is 4.79 Å². The van der Waals surface area contributed by atoms with E-state index in [1.807, 2.05) is 28.8 Å². The van der Waals surface area contributed by atoms with Crippen LogP contribution >= 0.6 is 11.6 Å². The van der Waals surface area contributed by atoms with E-state index in [4.69, 9.17) is 11.6 Å². The lowest BCUT2D eigenvalue weighted by atomic mass is 9.89. The first-order valence-electron chi connectivity index (χ1n) is 7.14. The molecule has 0 radical (unpaired) electrons. The van der Waals surface area contributed by atoms with Gasteiger partial charge in [-0.3, -0.25) is 9.20 Å². The molecule has 106 valence electrons. The number of nitrogens with one attached hydrogen (secondary N) is 1. The summed E-state index contributed by atoms with van der Waals surface area (Å²) in [6.07, 6.45) is 7.50. The Bertz CT molecular complexity index is 617. The van der Waals surface area contributed by atoms with Crippen LogP contribution in [0.3, 0.4) is 0 Å². The largest absolute Gasteiger partial charge is 0.350 e. The number of imidazole rings is 1. The lowest BCUT2D eigenvalue weighted by Gasteiger charge is -2.20. The van der Waals surface area contributed by atoms with Gasteiger partial charge in [0, 0.05) is 12.1 Å². The molecule has 1 N–H and O–H groups in total.